The summed E-state index contributed by atoms with van der Waals surface area (Å²) in [6.45, 7) is 11.2. The Morgan fingerprint density at radius 3 is 0.651 bits per heavy atom. The minimum absolute atomic E-state index is 0.0683. The van der Waals surface area contributed by atoms with Gasteiger partial charge in [0.15, 0.2) is 0 Å². The molecule has 0 aliphatic carbocycles. The van der Waals surface area contributed by atoms with Crippen LogP contribution in [0.5, 0.6) is 0 Å². The summed E-state index contributed by atoms with van der Waals surface area (Å²) < 4.78 is 93.8. The third-order valence-electron chi connectivity index (χ3n) is 4.84. The highest BCUT2D eigenvalue weighted by Gasteiger charge is 2.03. The summed E-state index contributed by atoms with van der Waals surface area (Å²) in [5.41, 5.74) is 5.32. The van der Waals surface area contributed by atoms with E-state index in [1.165, 1.54) is 0 Å². The van der Waals surface area contributed by atoms with Crippen molar-refractivity contribution in [2.45, 2.75) is 0 Å². The lowest BCUT2D eigenvalue weighted by Gasteiger charge is -2.09. The molecule has 0 unspecified atom stereocenters. The first kappa shape index (κ1) is 42.4. The number of ether oxygens (including phenoxy) is 12. The van der Waals surface area contributed by atoms with E-state index in [1.54, 1.807) is 0 Å². The molecule has 0 aromatic heterocycles. The summed E-state index contributed by atoms with van der Waals surface area (Å²) in [7, 11) is -3.99. The van der Waals surface area contributed by atoms with Crippen LogP contribution in [0.15, 0.2) is 0 Å². The van der Waals surface area contributed by atoms with E-state index in [-0.39, 0.29) is 13.2 Å². The standard InChI is InChI=1S/C26H55NO15S/c27-1-2-31-3-4-32-5-6-33-7-8-34-9-10-35-11-12-36-13-14-37-15-16-38-17-18-39-19-20-40-21-22-41-23-24-42-25-26-43(28,29)30/h1-27H2,(H,28,29,30). The molecule has 0 aromatic carbocycles. The van der Waals surface area contributed by atoms with Crippen LogP contribution in [0.4, 0.5) is 0 Å². The summed E-state index contributed by atoms with van der Waals surface area (Å²) >= 11 is 0. The molecule has 0 heterocycles. The van der Waals surface area contributed by atoms with Gasteiger partial charge in [-0.2, -0.15) is 8.42 Å². The minimum atomic E-state index is -3.99. The Bertz CT molecular complexity index is 634. The quantitative estimate of drug-likeness (QED) is 0.0611. The molecule has 0 amide bonds. The number of nitrogens with two attached hydrogens (primary N) is 1. The van der Waals surface area contributed by atoms with Crippen molar-refractivity contribution in [2.75, 3.05) is 171 Å². The Morgan fingerprint density at radius 2 is 0.488 bits per heavy atom. The zero-order valence-electron chi connectivity index (χ0n) is 25.5. The second-order valence-corrected chi connectivity index (χ2v) is 10.00. The zero-order valence-corrected chi connectivity index (χ0v) is 26.3. The van der Waals surface area contributed by atoms with Crippen molar-refractivity contribution in [3.8, 4) is 0 Å². The maximum atomic E-state index is 10.5. The minimum Gasteiger partial charge on any atom is -0.378 e. The first-order chi connectivity index (χ1) is 21.1. The Balaban J connectivity index is 3.05. The first-order valence-corrected chi connectivity index (χ1v) is 16.3. The van der Waals surface area contributed by atoms with E-state index in [1.807, 2.05) is 0 Å². The molecule has 0 saturated carbocycles. The molecule has 17 heteroatoms. The van der Waals surface area contributed by atoms with Crippen molar-refractivity contribution in [3.05, 3.63) is 0 Å². The lowest BCUT2D eigenvalue weighted by molar-refractivity contribution is -0.0282. The van der Waals surface area contributed by atoms with Gasteiger partial charge in [0.25, 0.3) is 10.1 Å². The summed E-state index contributed by atoms with van der Waals surface area (Å²) in [6.07, 6.45) is 0. The lowest BCUT2D eigenvalue weighted by Crippen LogP contribution is -2.16. The van der Waals surface area contributed by atoms with Gasteiger partial charge in [0.1, 0.15) is 0 Å². The molecule has 0 aliphatic rings. The molecule has 0 bridgehead atoms. The number of rotatable bonds is 38. The first-order valence-electron chi connectivity index (χ1n) is 14.6. The predicted molar refractivity (Wildman–Crippen MR) is 155 cm³/mol. The molecule has 0 aromatic rings. The summed E-state index contributed by atoms with van der Waals surface area (Å²) in [6, 6.07) is 0. The van der Waals surface area contributed by atoms with E-state index in [0.29, 0.717) is 152 Å². The second kappa shape index (κ2) is 35.9. The monoisotopic (exact) mass is 653 g/mol. The van der Waals surface area contributed by atoms with Crippen LogP contribution < -0.4 is 5.73 Å². The molecule has 0 spiro atoms. The van der Waals surface area contributed by atoms with Crippen LogP contribution in [-0.4, -0.2) is 184 Å². The van der Waals surface area contributed by atoms with Gasteiger partial charge in [0, 0.05) is 6.54 Å². The van der Waals surface area contributed by atoms with Crippen molar-refractivity contribution in [1.82, 2.24) is 0 Å². The molecular weight excluding hydrogens is 598 g/mol. The summed E-state index contributed by atoms with van der Waals surface area (Å²) in [5.74, 6) is -0.426. The van der Waals surface area contributed by atoms with Gasteiger partial charge in [0.05, 0.1) is 164 Å². The van der Waals surface area contributed by atoms with Gasteiger partial charge < -0.3 is 62.6 Å². The maximum absolute atomic E-state index is 10.5. The van der Waals surface area contributed by atoms with E-state index in [9.17, 15) is 8.42 Å². The van der Waals surface area contributed by atoms with Crippen LogP contribution >= 0.6 is 0 Å². The molecular formula is C26H55NO15S. The van der Waals surface area contributed by atoms with Crippen molar-refractivity contribution in [2.24, 2.45) is 5.73 Å². The van der Waals surface area contributed by atoms with E-state index in [2.05, 4.69) is 0 Å². The average molecular weight is 654 g/mol. The maximum Gasteiger partial charge on any atom is 0.267 e. The Morgan fingerprint density at radius 1 is 0.326 bits per heavy atom. The number of hydrogen-bond acceptors (Lipinski definition) is 15. The molecule has 16 nitrogen and oxygen atoms in total. The fourth-order valence-electron chi connectivity index (χ4n) is 2.77. The van der Waals surface area contributed by atoms with E-state index < -0.39 is 15.9 Å². The largest absolute Gasteiger partial charge is 0.378 e. The van der Waals surface area contributed by atoms with Crippen LogP contribution in [0.25, 0.3) is 0 Å². The van der Waals surface area contributed by atoms with Crippen molar-refractivity contribution in [3.63, 3.8) is 0 Å². The fourth-order valence-corrected chi connectivity index (χ4v) is 3.10. The van der Waals surface area contributed by atoms with Crippen LogP contribution in [0, 0.1) is 0 Å². The smallest absolute Gasteiger partial charge is 0.267 e. The van der Waals surface area contributed by atoms with E-state index in [4.69, 9.17) is 67.1 Å². The van der Waals surface area contributed by atoms with Gasteiger partial charge >= 0.3 is 0 Å². The van der Waals surface area contributed by atoms with Crippen molar-refractivity contribution >= 4 is 10.1 Å². The van der Waals surface area contributed by atoms with Gasteiger partial charge in [0.2, 0.25) is 0 Å². The molecule has 0 saturated heterocycles. The van der Waals surface area contributed by atoms with Crippen LogP contribution in [0.2, 0.25) is 0 Å². The van der Waals surface area contributed by atoms with Gasteiger partial charge in [-0.15, -0.1) is 0 Å². The SMILES string of the molecule is NCCOCCOCCOCCOCCOCCOCCOCCOCCOCCOCCOCCOCCS(=O)(=O)O. The van der Waals surface area contributed by atoms with Gasteiger partial charge in [-0.05, 0) is 0 Å². The molecule has 43 heavy (non-hydrogen) atoms. The molecule has 3 N–H and O–H groups in total. The summed E-state index contributed by atoms with van der Waals surface area (Å²) in [4.78, 5) is 0. The zero-order chi connectivity index (χ0) is 31.4. The normalized spacial score (nSPS) is 12.0. The summed E-state index contributed by atoms with van der Waals surface area (Å²) in [5, 5.41) is 0. The van der Waals surface area contributed by atoms with E-state index in [0.717, 1.165) is 0 Å². The van der Waals surface area contributed by atoms with Gasteiger partial charge in [-0.1, -0.05) is 0 Å². The highest BCUT2D eigenvalue weighted by atomic mass is 32.2. The average Bonchev–Trinajstić information content (AvgIpc) is 2.98. The molecule has 0 fully saturated rings. The van der Waals surface area contributed by atoms with Gasteiger partial charge in [-0.3, -0.25) is 4.55 Å². The van der Waals surface area contributed by atoms with Gasteiger partial charge in [-0.25, -0.2) is 0 Å². The van der Waals surface area contributed by atoms with E-state index >= 15 is 0 Å². The van der Waals surface area contributed by atoms with Crippen LogP contribution in [-0.2, 0) is 67.0 Å². The lowest BCUT2D eigenvalue weighted by atomic mass is 10.6. The Labute approximate surface area is 256 Å². The Kier molecular flexibility index (Phi) is 35.4. The highest BCUT2D eigenvalue weighted by molar-refractivity contribution is 7.85. The third kappa shape index (κ3) is 41.4. The molecule has 0 rings (SSSR count). The fraction of sp³-hybridized carbons (Fsp3) is 1.00. The molecule has 0 aliphatic heterocycles. The van der Waals surface area contributed by atoms with Crippen LogP contribution in [0.1, 0.15) is 0 Å². The van der Waals surface area contributed by atoms with Crippen molar-refractivity contribution in [1.29, 1.82) is 0 Å². The highest BCUT2D eigenvalue weighted by Crippen LogP contribution is 1.88. The van der Waals surface area contributed by atoms with Crippen molar-refractivity contribution < 1.29 is 69.8 Å². The molecule has 260 valence electrons. The predicted octanol–water partition coefficient (Wildman–Crippen LogP) is -0.968. The van der Waals surface area contributed by atoms with Crippen LogP contribution in [0.3, 0.4) is 0 Å². The second-order valence-electron chi connectivity index (χ2n) is 8.42. The Hall–Kier alpha value is -0.610. The number of hydrogen-bond donors (Lipinski definition) is 2. The molecule has 0 radical (unpaired) electrons. The topological polar surface area (TPSA) is 191 Å². The molecule has 0 atom stereocenters. The third-order valence-corrected chi connectivity index (χ3v) is 5.52.